The Labute approximate surface area is 182 Å². The highest BCUT2D eigenvalue weighted by molar-refractivity contribution is 5.93. The monoisotopic (exact) mass is 427 g/mol. The highest BCUT2D eigenvalue weighted by Crippen LogP contribution is 2.40. The lowest BCUT2D eigenvalue weighted by molar-refractivity contribution is -0.145. The minimum Gasteiger partial charge on any atom is -0.493 e. The van der Waals surface area contributed by atoms with Gasteiger partial charge in [-0.2, -0.15) is 0 Å². The van der Waals surface area contributed by atoms with Gasteiger partial charge in [-0.1, -0.05) is 30.3 Å². The van der Waals surface area contributed by atoms with Crippen molar-refractivity contribution in [2.45, 2.75) is 45.9 Å². The van der Waals surface area contributed by atoms with E-state index in [1.807, 2.05) is 51.1 Å². The van der Waals surface area contributed by atoms with Crippen molar-refractivity contribution < 1.29 is 28.5 Å². The lowest BCUT2D eigenvalue weighted by Gasteiger charge is -2.37. The van der Waals surface area contributed by atoms with E-state index in [1.54, 1.807) is 17.9 Å². The van der Waals surface area contributed by atoms with Crippen LogP contribution in [-0.2, 0) is 16.1 Å². The van der Waals surface area contributed by atoms with Crippen LogP contribution in [0.2, 0.25) is 0 Å². The summed E-state index contributed by atoms with van der Waals surface area (Å²) in [4.78, 5) is 27.7. The number of ether oxygens (including phenoxy) is 4. The third-order valence-corrected chi connectivity index (χ3v) is 4.95. The summed E-state index contributed by atoms with van der Waals surface area (Å²) in [5, 5.41) is 0. The van der Waals surface area contributed by atoms with Crippen LogP contribution in [0.3, 0.4) is 0 Å². The first kappa shape index (κ1) is 22.5. The van der Waals surface area contributed by atoms with Crippen molar-refractivity contribution >= 4 is 11.9 Å². The van der Waals surface area contributed by atoms with Gasteiger partial charge in [0.15, 0.2) is 17.6 Å². The zero-order valence-corrected chi connectivity index (χ0v) is 18.6. The average Bonchev–Trinajstić information content (AvgIpc) is 2.76. The number of nitrogens with zero attached hydrogens (tertiary/aromatic N) is 1. The Kier molecular flexibility index (Phi) is 6.73. The smallest absolute Gasteiger partial charge is 0.339 e. The first-order chi connectivity index (χ1) is 14.7. The van der Waals surface area contributed by atoms with Gasteiger partial charge < -0.3 is 23.8 Å². The van der Waals surface area contributed by atoms with Crippen molar-refractivity contribution in [1.82, 2.24) is 4.90 Å². The molecule has 2 aromatic rings. The molecule has 0 saturated carbocycles. The predicted molar refractivity (Wildman–Crippen MR) is 116 cm³/mol. The number of benzene rings is 2. The lowest BCUT2D eigenvalue weighted by Crippen LogP contribution is -2.49. The van der Waals surface area contributed by atoms with Crippen LogP contribution >= 0.6 is 0 Å². The van der Waals surface area contributed by atoms with Crippen LogP contribution in [-0.4, -0.2) is 48.7 Å². The summed E-state index contributed by atoms with van der Waals surface area (Å²) in [5.41, 5.74) is 0.778. The van der Waals surface area contributed by atoms with Crippen LogP contribution < -0.4 is 14.2 Å². The van der Waals surface area contributed by atoms with E-state index < -0.39 is 17.6 Å². The summed E-state index contributed by atoms with van der Waals surface area (Å²) in [7, 11) is 1.49. The fraction of sp³-hybridized carbons (Fsp3) is 0.417. The number of fused-ring (bicyclic) bond motifs is 1. The van der Waals surface area contributed by atoms with Crippen LogP contribution in [0.15, 0.2) is 42.5 Å². The highest BCUT2D eigenvalue weighted by atomic mass is 16.6. The van der Waals surface area contributed by atoms with Crippen LogP contribution in [0.25, 0.3) is 0 Å². The van der Waals surface area contributed by atoms with E-state index in [9.17, 15) is 9.59 Å². The molecule has 0 spiro atoms. The molecule has 3 rings (SSSR count). The van der Waals surface area contributed by atoms with Crippen molar-refractivity contribution in [3.63, 3.8) is 0 Å². The fourth-order valence-electron chi connectivity index (χ4n) is 3.30. The number of esters is 1. The van der Waals surface area contributed by atoms with Crippen molar-refractivity contribution in [2.24, 2.45) is 0 Å². The van der Waals surface area contributed by atoms with E-state index in [2.05, 4.69) is 0 Å². The quantitative estimate of drug-likeness (QED) is 0.652. The molecule has 1 heterocycles. The SMILES string of the molecule is COc1cc(C(=O)O[C@@H](C)C(=O)N(Cc2ccccc2)C(C)(C)C)cc2c1OCCO2. The van der Waals surface area contributed by atoms with E-state index in [0.29, 0.717) is 37.0 Å². The maximum Gasteiger partial charge on any atom is 0.339 e. The topological polar surface area (TPSA) is 74.3 Å². The lowest BCUT2D eigenvalue weighted by atomic mass is 10.0. The Morgan fingerprint density at radius 2 is 1.77 bits per heavy atom. The zero-order valence-electron chi connectivity index (χ0n) is 18.6. The molecule has 1 aliphatic rings. The summed E-state index contributed by atoms with van der Waals surface area (Å²) >= 11 is 0. The minimum absolute atomic E-state index is 0.228. The van der Waals surface area contributed by atoms with Gasteiger partial charge in [0, 0.05) is 12.1 Å². The molecule has 31 heavy (non-hydrogen) atoms. The first-order valence-electron chi connectivity index (χ1n) is 10.2. The molecule has 0 unspecified atom stereocenters. The Morgan fingerprint density at radius 3 is 2.42 bits per heavy atom. The zero-order chi connectivity index (χ0) is 22.6. The number of methoxy groups -OCH3 is 1. The Morgan fingerprint density at radius 1 is 1.10 bits per heavy atom. The predicted octanol–water partition coefficient (Wildman–Crippen LogP) is 3.84. The third kappa shape index (κ3) is 5.29. The molecule has 0 N–H and O–H groups in total. The van der Waals surface area contributed by atoms with E-state index >= 15 is 0 Å². The Balaban J connectivity index is 1.76. The molecular weight excluding hydrogens is 398 g/mol. The molecule has 0 aliphatic carbocycles. The minimum atomic E-state index is -0.963. The number of carbonyl (C=O) groups excluding carboxylic acids is 2. The van der Waals surface area contributed by atoms with Crippen molar-refractivity contribution in [3.05, 3.63) is 53.6 Å². The summed E-state index contributed by atoms with van der Waals surface area (Å²) in [5.74, 6) is 0.343. The molecule has 7 nitrogen and oxygen atoms in total. The van der Waals surface area contributed by atoms with Gasteiger partial charge in [-0.3, -0.25) is 4.79 Å². The van der Waals surface area contributed by atoms with Gasteiger partial charge >= 0.3 is 5.97 Å². The summed E-state index contributed by atoms with van der Waals surface area (Å²) < 4.78 is 22.0. The van der Waals surface area contributed by atoms with Crippen molar-refractivity contribution in [1.29, 1.82) is 0 Å². The number of rotatable bonds is 6. The second kappa shape index (κ2) is 9.29. The Hall–Kier alpha value is -3.22. The average molecular weight is 427 g/mol. The number of amides is 1. The maximum atomic E-state index is 13.2. The van der Waals surface area contributed by atoms with Crippen LogP contribution in [0, 0.1) is 0 Å². The number of hydrogen-bond donors (Lipinski definition) is 0. The Bertz CT molecular complexity index is 918. The molecule has 0 bridgehead atoms. The van der Waals surface area contributed by atoms with Crippen LogP contribution in [0.1, 0.15) is 43.6 Å². The van der Waals surface area contributed by atoms with Gasteiger partial charge in [0.1, 0.15) is 13.2 Å². The number of hydrogen-bond acceptors (Lipinski definition) is 6. The molecule has 1 amide bonds. The van der Waals surface area contributed by atoms with E-state index in [4.69, 9.17) is 18.9 Å². The van der Waals surface area contributed by atoms with Crippen LogP contribution in [0.4, 0.5) is 0 Å². The molecular formula is C24H29NO6. The molecule has 0 fully saturated rings. The molecule has 166 valence electrons. The van der Waals surface area contributed by atoms with E-state index in [-0.39, 0.29) is 11.5 Å². The van der Waals surface area contributed by atoms with Crippen LogP contribution in [0.5, 0.6) is 17.2 Å². The normalized spacial score (nSPS) is 13.8. The molecule has 0 radical (unpaired) electrons. The fourth-order valence-corrected chi connectivity index (χ4v) is 3.30. The van der Waals surface area contributed by atoms with Gasteiger partial charge in [0.05, 0.1) is 12.7 Å². The maximum absolute atomic E-state index is 13.2. The van der Waals surface area contributed by atoms with Crippen molar-refractivity contribution in [2.75, 3.05) is 20.3 Å². The second-order valence-corrected chi connectivity index (χ2v) is 8.33. The van der Waals surface area contributed by atoms with Gasteiger partial charge in [0.2, 0.25) is 5.75 Å². The van der Waals surface area contributed by atoms with Gasteiger partial charge in [0.25, 0.3) is 5.91 Å². The van der Waals surface area contributed by atoms with Gasteiger partial charge in [-0.15, -0.1) is 0 Å². The van der Waals surface area contributed by atoms with Gasteiger partial charge in [-0.05, 0) is 45.4 Å². The number of carbonyl (C=O) groups is 2. The summed E-state index contributed by atoms with van der Waals surface area (Å²) in [6.45, 7) is 8.64. The summed E-state index contributed by atoms with van der Waals surface area (Å²) in [6.07, 6.45) is -0.963. The standard InChI is InChI=1S/C24H29NO6/c1-16(22(26)25(24(2,3)4)15-17-9-7-6-8-10-17)31-23(27)18-13-19(28-5)21-20(14-18)29-11-12-30-21/h6-10,13-14,16H,11-12,15H2,1-5H3/t16-/m0/s1. The molecule has 1 aliphatic heterocycles. The molecule has 0 saturated heterocycles. The van der Waals surface area contributed by atoms with Crippen molar-refractivity contribution in [3.8, 4) is 17.2 Å². The largest absolute Gasteiger partial charge is 0.493 e. The van der Waals surface area contributed by atoms with E-state index in [0.717, 1.165) is 5.56 Å². The van der Waals surface area contributed by atoms with Gasteiger partial charge in [-0.25, -0.2) is 4.79 Å². The third-order valence-electron chi connectivity index (χ3n) is 4.95. The molecule has 2 aromatic carbocycles. The molecule has 0 aromatic heterocycles. The molecule has 7 heteroatoms. The first-order valence-corrected chi connectivity index (χ1v) is 10.2. The molecule has 1 atom stereocenters. The highest BCUT2D eigenvalue weighted by Gasteiger charge is 2.32. The summed E-state index contributed by atoms with van der Waals surface area (Å²) in [6, 6.07) is 12.8. The second-order valence-electron chi connectivity index (χ2n) is 8.33. The van der Waals surface area contributed by atoms with E-state index in [1.165, 1.54) is 13.2 Å².